The number of carboxylic acid groups (broad SMARTS) is 1. The number of hydrogen-bond acceptors (Lipinski definition) is 25. The summed E-state index contributed by atoms with van der Waals surface area (Å²) in [7, 11) is 3.95. The zero-order valence-corrected chi connectivity index (χ0v) is 85.5. The van der Waals surface area contributed by atoms with Crippen LogP contribution in [0.15, 0.2) is 130 Å². The van der Waals surface area contributed by atoms with Gasteiger partial charge >= 0.3 is 18.3 Å². The number of β-amino-alcohol motifs (C(OH)–C–C–N with tert-alkyl or cyclic N) is 2. The standard InChI is InChI=1S/C51H61F4N9O8S.C26H34N4O7S.C25H29F4N5O2/c1-28-22-63(23-29(2)61(28)7)40-19-38(52)35(17-39(40)59-47(69)36-21-56-42(66)18-37(36)51(53,54)55)32-12-14-62(15-13-32)44(68)26-72-25-43(67)60-46(50(4,5)6)49(71)64-24-34(65)16-41(64)48(70)57-20-31-8-10-33(11-9-31)45-30(3)58-27-73-45;1-15-22(38-14-28-15)17-7-5-16(6-8-17)10-27-24(35)19-9-18(31)11-30(19)25(36)23(26(2,3)4)29-20(32)12-37-13-21(33)34;1-14-12-34(13-15(2)33(14)3)22-10-20(26)17(16-4-6-30-7-5-16)8-21(22)32-24(36)18-11-31-23(35)9-19(18)25(27,28)29/h8-12,17-19,21,27-29,34,41,46,65H,13-16,20,22-26H2,1-7H3,(H,56,66)(H,57,70)(H,59,69)(H,60,67);5-8,14,18-19,23,31H,9-13H2,1-4H3,(H,27,35)(H,29,32)(H,33,34);4,8-11,14-15,30H,5-7,12-13H2,1-3H3,(H,31,35)(H,32,36)/t28-,29+,34-,41+,46-;18-,19+,23-;14-,15+/m11./s1. The van der Waals surface area contributed by atoms with E-state index in [0.29, 0.717) is 80.8 Å². The average molecular weight is 2090 g/mol. The number of H-pyrrole nitrogens is 2. The maximum absolute atomic E-state index is 16.2. The number of rotatable bonds is 28. The third kappa shape index (κ3) is 28.9. The van der Waals surface area contributed by atoms with Crippen LogP contribution in [0.5, 0.6) is 0 Å². The van der Waals surface area contributed by atoms with Crippen LogP contribution in [0, 0.1) is 36.3 Å². The topological polar surface area (TPSA) is 448 Å². The molecule has 0 unspecified atom stereocenters. The van der Waals surface area contributed by atoms with Crippen molar-refractivity contribution in [1.29, 1.82) is 0 Å². The smallest absolute Gasteiger partial charge is 0.417 e. The molecule has 35 nitrogen and oxygen atoms in total. The molecule has 10 heterocycles. The summed E-state index contributed by atoms with van der Waals surface area (Å²) >= 11 is 3.10. The van der Waals surface area contributed by atoms with Gasteiger partial charge in [-0.05, 0) is 144 Å². The van der Waals surface area contributed by atoms with E-state index in [1.165, 1.54) is 50.3 Å². The largest absolute Gasteiger partial charge is 0.480 e. The molecule has 147 heavy (non-hydrogen) atoms. The number of thiazole rings is 2. The minimum absolute atomic E-state index is 0.00435. The monoisotopic (exact) mass is 2090 g/mol. The van der Waals surface area contributed by atoms with Crippen molar-refractivity contribution >= 4 is 116 Å². The Morgan fingerprint density at radius 1 is 0.531 bits per heavy atom. The number of hydrogen-bond donors (Lipinski definition) is 12. The normalized spacial score (nSPS) is 19.9. The van der Waals surface area contributed by atoms with Crippen LogP contribution in [0.3, 0.4) is 0 Å². The molecule has 0 saturated carbocycles. The number of benzene rings is 4. The number of carbonyl (C=O) groups is 10. The van der Waals surface area contributed by atoms with Crippen LogP contribution in [-0.2, 0) is 73.3 Å². The molecule has 0 aliphatic carbocycles. The molecule has 14 rings (SSSR count). The summed E-state index contributed by atoms with van der Waals surface area (Å²) < 4.78 is 125. The Kier molecular flexibility index (Phi) is 37.0. The van der Waals surface area contributed by atoms with Crippen molar-refractivity contribution < 1.29 is 108 Å². The van der Waals surface area contributed by atoms with E-state index in [2.05, 4.69) is 67.0 Å². The first-order chi connectivity index (χ1) is 69.2. The number of piperazine rings is 2. The highest BCUT2D eigenvalue weighted by Gasteiger charge is 2.48. The number of aromatic nitrogens is 4. The Bertz CT molecular complexity index is 6320. The molecular formula is C102H124F8N18O17S2. The Morgan fingerprint density at radius 3 is 1.27 bits per heavy atom. The molecule has 4 aromatic carbocycles. The number of anilines is 4. The second kappa shape index (κ2) is 48.3. The van der Waals surface area contributed by atoms with Gasteiger partial charge in [0.25, 0.3) is 11.8 Å². The predicted molar refractivity (Wildman–Crippen MR) is 538 cm³/mol. The number of nitrogens with one attached hydrogen (secondary N) is 9. The molecule has 8 aromatic rings. The van der Waals surface area contributed by atoms with Crippen molar-refractivity contribution in [2.75, 3.05) is 126 Å². The predicted octanol–water partition coefficient (Wildman–Crippen LogP) is 10.2. The number of aryl methyl sites for hydroxylation is 2. The average Bonchev–Trinajstić information content (AvgIpc) is 1.73. The summed E-state index contributed by atoms with van der Waals surface area (Å²) in [6, 6.07) is 17.8. The van der Waals surface area contributed by atoms with E-state index < -0.39 is 190 Å². The molecule has 6 aliphatic rings. The highest BCUT2D eigenvalue weighted by molar-refractivity contribution is 7.13. The Labute approximate surface area is 851 Å². The van der Waals surface area contributed by atoms with Crippen LogP contribution < -0.4 is 58.1 Å². The zero-order chi connectivity index (χ0) is 107. The lowest BCUT2D eigenvalue weighted by molar-refractivity contribution is -0.147. The maximum atomic E-state index is 16.2. The van der Waals surface area contributed by atoms with Gasteiger partial charge in [-0.15, -0.1) is 22.7 Å². The van der Waals surface area contributed by atoms with Gasteiger partial charge in [0.05, 0.1) is 89.4 Å². The molecule has 45 heteroatoms. The molecule has 792 valence electrons. The molecule has 4 aromatic heterocycles. The summed E-state index contributed by atoms with van der Waals surface area (Å²) in [6.07, 6.45) is -6.05. The van der Waals surface area contributed by atoms with Gasteiger partial charge in [0, 0.05) is 145 Å². The number of aliphatic hydroxyl groups is 2. The highest BCUT2D eigenvalue weighted by atomic mass is 32.1. The second-order valence-corrected chi connectivity index (χ2v) is 41.4. The van der Waals surface area contributed by atoms with Gasteiger partial charge in [0.2, 0.25) is 52.5 Å². The van der Waals surface area contributed by atoms with Gasteiger partial charge in [0.1, 0.15) is 62.2 Å². The van der Waals surface area contributed by atoms with Crippen molar-refractivity contribution in [1.82, 2.24) is 71.0 Å². The molecule has 12 N–H and O–H groups in total. The van der Waals surface area contributed by atoms with Gasteiger partial charge < -0.3 is 96.5 Å². The number of likely N-dealkylation sites (tertiary alicyclic amines) is 2. The first kappa shape index (κ1) is 113. The van der Waals surface area contributed by atoms with Crippen molar-refractivity contribution in [3.8, 4) is 20.9 Å². The summed E-state index contributed by atoms with van der Waals surface area (Å²) in [5.41, 5.74) is 3.80. The number of alkyl halides is 6. The number of likely N-dealkylation sites (N-methyl/N-ethyl adjacent to an activating group) is 2. The molecule has 4 saturated heterocycles. The number of amides is 9. The van der Waals surface area contributed by atoms with Crippen LogP contribution in [0.4, 0.5) is 57.9 Å². The van der Waals surface area contributed by atoms with E-state index in [1.54, 1.807) is 70.0 Å². The third-order valence-corrected chi connectivity index (χ3v) is 28.6. The number of aromatic amines is 2. The molecule has 6 aliphatic heterocycles. The zero-order valence-electron chi connectivity index (χ0n) is 83.9. The molecule has 4 fully saturated rings. The Morgan fingerprint density at radius 2 is 0.925 bits per heavy atom. The summed E-state index contributed by atoms with van der Waals surface area (Å²) in [5, 5.41) is 48.9. The van der Waals surface area contributed by atoms with Crippen LogP contribution in [0.2, 0.25) is 0 Å². The fourth-order valence-corrected chi connectivity index (χ4v) is 19.9. The minimum atomic E-state index is -5.02. The summed E-state index contributed by atoms with van der Waals surface area (Å²) in [5.74, 6) is -8.32. The maximum Gasteiger partial charge on any atom is 0.417 e. The number of pyridine rings is 2. The van der Waals surface area contributed by atoms with Crippen molar-refractivity contribution in [3.63, 3.8) is 0 Å². The van der Waals surface area contributed by atoms with Gasteiger partial charge in [-0.3, -0.25) is 62.5 Å². The molecule has 0 bridgehead atoms. The van der Waals surface area contributed by atoms with Crippen LogP contribution in [0.25, 0.3) is 32.0 Å². The van der Waals surface area contributed by atoms with Gasteiger partial charge in [0.15, 0.2) is 0 Å². The number of ether oxygens (including phenoxy) is 2. The molecule has 0 radical (unpaired) electrons. The number of carbonyl (C=O) groups excluding carboxylic acids is 9. The highest BCUT2D eigenvalue weighted by Crippen LogP contribution is 2.42. The number of halogens is 8. The second-order valence-electron chi connectivity index (χ2n) is 39.7. The van der Waals surface area contributed by atoms with Crippen molar-refractivity contribution in [2.45, 2.75) is 195 Å². The van der Waals surface area contributed by atoms with Gasteiger partial charge in [-0.25, -0.2) is 23.5 Å². The first-order valence-electron chi connectivity index (χ1n) is 47.9. The molecule has 10 atom stereocenters. The van der Waals surface area contributed by atoms with Crippen molar-refractivity contribution in [2.24, 2.45) is 10.8 Å². The fraction of sp³-hybridized carbons (Fsp3) is 0.471. The summed E-state index contributed by atoms with van der Waals surface area (Å²) in [6.45, 7) is 23.7. The SMILES string of the molecule is C[C@@H]1CN(c2cc(F)c(C3=CCNCC3)cc2NC(=O)c2c[nH]c(=O)cc2C(F)(F)F)C[C@H](C)N1C.Cc1ncsc1-c1ccc(CNC(=O)[C@@H]2C[C@@H](O)CN2C(=O)[C@@H](NC(=O)COCC(=O)N2CC=C(c3cc(NC(=O)c4c[nH]c(=O)cc4C(F)(F)F)c(N4C[C@@H](C)N(C)[C@@H](C)C4)cc3F)CC2)C(C)(C)C)cc1.Cc1ncsc1-c1ccc(CNC(=O)[C@@H]2C[C@@H](O)CN2C(=O)[C@@H](NC(=O)COCC(=O)O)C(C)(C)C)cc1. The molecular weight excluding hydrogens is 1970 g/mol. The van der Waals surface area contributed by atoms with Crippen molar-refractivity contribution in [3.05, 3.63) is 209 Å². The van der Waals surface area contributed by atoms with Gasteiger partial charge in [-0.2, -0.15) is 26.3 Å². The Balaban J connectivity index is 0.000000217. The number of nitrogens with zero attached hydrogens (tertiary/aromatic N) is 9. The quantitative estimate of drug-likeness (QED) is 0.0203. The van der Waals surface area contributed by atoms with E-state index >= 15 is 8.78 Å². The number of carboxylic acids is 1. The van der Waals surface area contributed by atoms with E-state index in [9.17, 15) is 94.1 Å². The number of aliphatic carboxylic acids is 1. The van der Waals surface area contributed by atoms with Crippen LogP contribution in [0.1, 0.15) is 160 Å². The fourth-order valence-electron chi connectivity index (χ4n) is 18.2. The van der Waals surface area contributed by atoms with Crippen LogP contribution in [-0.4, -0.2) is 285 Å². The van der Waals surface area contributed by atoms with E-state index in [1.807, 2.05) is 120 Å². The molecule has 9 amide bonds. The van der Waals surface area contributed by atoms with E-state index in [4.69, 9.17) is 14.6 Å². The third-order valence-electron chi connectivity index (χ3n) is 26.7. The number of aliphatic hydroxyl groups excluding tert-OH is 2. The van der Waals surface area contributed by atoms with E-state index in [0.717, 1.165) is 55.2 Å². The first-order valence-corrected chi connectivity index (χ1v) is 49.6. The van der Waals surface area contributed by atoms with Gasteiger partial charge in [-0.1, -0.05) is 102 Å². The Hall–Kier alpha value is -13.0. The lowest BCUT2D eigenvalue weighted by Crippen LogP contribution is -2.58. The lowest BCUT2D eigenvalue weighted by atomic mass is 9.85. The molecule has 0 spiro atoms. The van der Waals surface area contributed by atoms with E-state index in [-0.39, 0.29) is 105 Å². The van der Waals surface area contributed by atoms with Crippen LogP contribution >= 0.6 is 22.7 Å². The summed E-state index contributed by atoms with van der Waals surface area (Å²) in [4.78, 5) is 181. The lowest BCUT2D eigenvalue weighted by Gasteiger charge is -2.44. The minimum Gasteiger partial charge on any atom is -0.480 e.